The highest BCUT2D eigenvalue weighted by molar-refractivity contribution is 8.00. The Morgan fingerprint density at radius 2 is 2.12 bits per heavy atom. The third-order valence-corrected chi connectivity index (χ3v) is 3.66. The Hall–Kier alpha value is -0.900. The highest BCUT2D eigenvalue weighted by Crippen LogP contribution is 2.18. The van der Waals surface area contributed by atoms with Crippen LogP contribution in [-0.2, 0) is 0 Å². The van der Waals surface area contributed by atoms with Gasteiger partial charge in [-0.3, -0.25) is 4.79 Å². The average Bonchev–Trinajstić information content (AvgIpc) is 2.29. The molecule has 0 amide bonds. The van der Waals surface area contributed by atoms with Gasteiger partial charge in [0.2, 0.25) is 0 Å². The summed E-state index contributed by atoms with van der Waals surface area (Å²) in [6.45, 7) is 4.02. The average molecular weight is 244 g/mol. The summed E-state index contributed by atoms with van der Waals surface area (Å²) in [5, 5.41) is 0.348. The molecule has 0 N–H and O–H groups in total. The summed E-state index contributed by atoms with van der Waals surface area (Å²) in [6.07, 6.45) is 0.948. The van der Waals surface area contributed by atoms with E-state index in [1.165, 1.54) is 23.9 Å². The smallest absolute Gasteiger partial charge is 0.175 e. The van der Waals surface area contributed by atoms with Crippen LogP contribution in [0.25, 0.3) is 0 Å². The Bertz CT molecular complexity index is 379. The number of hydrogen-bond acceptors (Lipinski definition) is 2. The minimum absolute atomic E-state index is 0.157. The van der Waals surface area contributed by atoms with E-state index in [-0.39, 0.29) is 17.1 Å². The predicted octanol–water partition coefficient (Wildman–Crippen LogP) is 3.68. The minimum atomic E-state index is -1.04. The maximum absolute atomic E-state index is 13.3. The van der Waals surface area contributed by atoms with Crippen LogP contribution in [-0.4, -0.2) is 16.8 Å². The van der Waals surface area contributed by atoms with Crippen molar-refractivity contribution in [3.8, 4) is 0 Å². The van der Waals surface area contributed by atoms with E-state index >= 15 is 0 Å². The summed E-state index contributed by atoms with van der Waals surface area (Å²) in [4.78, 5) is 11.6. The van der Waals surface area contributed by atoms with E-state index in [2.05, 4.69) is 0 Å². The molecular formula is C12H14F2OS. The van der Waals surface area contributed by atoms with Gasteiger partial charge in [0.1, 0.15) is 0 Å². The Kier molecular flexibility index (Phi) is 4.93. The fourth-order valence-corrected chi connectivity index (χ4v) is 1.96. The highest BCUT2D eigenvalue weighted by atomic mass is 32.2. The van der Waals surface area contributed by atoms with E-state index in [1.54, 1.807) is 0 Å². The molecule has 0 saturated heterocycles. The molecule has 1 rings (SSSR count). The second kappa shape index (κ2) is 5.99. The zero-order valence-electron chi connectivity index (χ0n) is 9.30. The van der Waals surface area contributed by atoms with Gasteiger partial charge in [-0.1, -0.05) is 19.9 Å². The van der Waals surface area contributed by atoms with Crippen LogP contribution in [0.1, 0.15) is 30.6 Å². The first-order chi connectivity index (χ1) is 7.56. The van der Waals surface area contributed by atoms with Crippen molar-refractivity contribution in [3.05, 3.63) is 35.4 Å². The maximum Gasteiger partial charge on any atom is 0.175 e. The molecule has 0 spiro atoms. The Morgan fingerprint density at radius 1 is 1.44 bits per heavy atom. The number of carbonyl (C=O) groups is 1. The van der Waals surface area contributed by atoms with Crippen LogP contribution in [0.5, 0.6) is 0 Å². The van der Waals surface area contributed by atoms with Gasteiger partial charge in [0.05, 0.1) is 11.3 Å². The fraction of sp³-hybridized carbons (Fsp3) is 0.417. The van der Waals surface area contributed by atoms with Crippen molar-refractivity contribution in [3.63, 3.8) is 0 Å². The molecule has 0 heterocycles. The maximum atomic E-state index is 13.3. The van der Waals surface area contributed by atoms with E-state index < -0.39 is 11.6 Å². The lowest BCUT2D eigenvalue weighted by Gasteiger charge is -2.07. The molecule has 1 nitrogen and oxygen atoms in total. The van der Waals surface area contributed by atoms with Gasteiger partial charge in [0.15, 0.2) is 17.4 Å². The summed E-state index contributed by atoms with van der Waals surface area (Å²) < 4.78 is 26.1. The molecule has 0 aliphatic rings. The fourth-order valence-electron chi connectivity index (χ4n) is 1.13. The van der Waals surface area contributed by atoms with Gasteiger partial charge < -0.3 is 0 Å². The molecule has 0 saturated carbocycles. The lowest BCUT2D eigenvalue weighted by Crippen LogP contribution is -2.09. The van der Waals surface area contributed by atoms with Crippen molar-refractivity contribution >= 4 is 17.5 Å². The number of benzene rings is 1. The Balaban J connectivity index is 2.70. The second-order valence-electron chi connectivity index (χ2n) is 3.55. The third-order valence-electron chi connectivity index (χ3n) is 2.33. The summed E-state index contributed by atoms with van der Waals surface area (Å²) in [5.74, 6) is -2.19. The van der Waals surface area contributed by atoms with Crippen LogP contribution < -0.4 is 0 Å². The molecule has 0 aliphatic carbocycles. The monoisotopic (exact) mass is 244 g/mol. The highest BCUT2D eigenvalue weighted by Gasteiger charge is 2.15. The number of ketones is 1. The molecule has 0 aliphatic heterocycles. The van der Waals surface area contributed by atoms with Crippen LogP contribution in [0, 0.1) is 11.6 Å². The van der Waals surface area contributed by atoms with Crippen molar-refractivity contribution in [2.45, 2.75) is 25.5 Å². The summed E-state index contributed by atoms with van der Waals surface area (Å²) in [5.41, 5.74) is -0.157. The van der Waals surface area contributed by atoms with Crippen molar-refractivity contribution in [2.75, 3.05) is 5.75 Å². The summed E-state index contributed by atoms with van der Waals surface area (Å²) in [6, 6.07) is 3.67. The molecule has 0 fully saturated rings. The van der Waals surface area contributed by atoms with E-state index in [9.17, 15) is 13.6 Å². The first-order valence-corrected chi connectivity index (χ1v) is 6.20. The molecule has 1 aromatic carbocycles. The second-order valence-corrected chi connectivity index (χ2v) is 4.98. The molecule has 0 bridgehead atoms. The molecule has 1 unspecified atom stereocenters. The van der Waals surface area contributed by atoms with Crippen LogP contribution in [0.15, 0.2) is 18.2 Å². The van der Waals surface area contributed by atoms with Gasteiger partial charge in [-0.25, -0.2) is 8.78 Å². The van der Waals surface area contributed by atoms with Gasteiger partial charge in [-0.05, 0) is 18.6 Å². The number of rotatable bonds is 5. The van der Waals surface area contributed by atoms with Crippen LogP contribution in [0.3, 0.4) is 0 Å². The SMILES string of the molecule is CCC(C)SCC(=O)c1cccc(F)c1F. The first kappa shape index (κ1) is 13.2. The number of halogens is 2. The standard InChI is InChI=1S/C12H14F2OS/c1-3-8(2)16-7-11(15)9-5-4-6-10(13)12(9)14/h4-6,8H,3,7H2,1-2H3. The lowest BCUT2D eigenvalue weighted by atomic mass is 10.1. The molecule has 0 radical (unpaired) electrons. The quantitative estimate of drug-likeness (QED) is 0.735. The van der Waals surface area contributed by atoms with Crippen molar-refractivity contribution in [1.82, 2.24) is 0 Å². The Labute approximate surface area is 98.2 Å². The van der Waals surface area contributed by atoms with Crippen LogP contribution in [0.4, 0.5) is 8.78 Å². The van der Waals surface area contributed by atoms with Crippen molar-refractivity contribution in [1.29, 1.82) is 0 Å². The molecular weight excluding hydrogens is 230 g/mol. The predicted molar refractivity (Wildman–Crippen MR) is 62.9 cm³/mol. The van der Waals surface area contributed by atoms with Gasteiger partial charge in [-0.15, -0.1) is 0 Å². The van der Waals surface area contributed by atoms with E-state index in [4.69, 9.17) is 0 Å². The number of thioether (sulfide) groups is 1. The number of Topliss-reactive ketones (excluding diaryl/α,β-unsaturated/α-hetero) is 1. The van der Waals surface area contributed by atoms with Gasteiger partial charge in [-0.2, -0.15) is 11.8 Å². The van der Waals surface area contributed by atoms with Gasteiger partial charge >= 0.3 is 0 Å². The van der Waals surface area contributed by atoms with Gasteiger partial charge in [0.25, 0.3) is 0 Å². The summed E-state index contributed by atoms with van der Waals surface area (Å²) >= 11 is 1.46. The molecule has 0 aromatic heterocycles. The van der Waals surface area contributed by atoms with Crippen molar-refractivity contribution < 1.29 is 13.6 Å². The zero-order valence-corrected chi connectivity index (χ0v) is 10.1. The zero-order chi connectivity index (χ0) is 12.1. The van der Waals surface area contributed by atoms with Gasteiger partial charge in [0, 0.05) is 5.25 Å². The molecule has 88 valence electrons. The molecule has 1 atom stereocenters. The molecule has 4 heteroatoms. The van der Waals surface area contributed by atoms with Crippen molar-refractivity contribution in [2.24, 2.45) is 0 Å². The van der Waals surface area contributed by atoms with Crippen LogP contribution in [0.2, 0.25) is 0 Å². The largest absolute Gasteiger partial charge is 0.293 e. The Morgan fingerprint density at radius 3 is 2.75 bits per heavy atom. The normalized spacial score (nSPS) is 12.5. The number of carbonyl (C=O) groups excluding carboxylic acids is 1. The molecule has 1 aromatic rings. The molecule has 16 heavy (non-hydrogen) atoms. The number of hydrogen-bond donors (Lipinski definition) is 0. The van der Waals surface area contributed by atoms with E-state index in [1.807, 2.05) is 13.8 Å². The van der Waals surface area contributed by atoms with E-state index in [0.717, 1.165) is 12.5 Å². The first-order valence-electron chi connectivity index (χ1n) is 5.15. The lowest BCUT2D eigenvalue weighted by molar-refractivity contribution is 0.101. The topological polar surface area (TPSA) is 17.1 Å². The third kappa shape index (κ3) is 3.30. The van der Waals surface area contributed by atoms with Crippen LogP contribution >= 0.6 is 11.8 Å². The van der Waals surface area contributed by atoms with E-state index in [0.29, 0.717) is 5.25 Å². The summed E-state index contributed by atoms with van der Waals surface area (Å²) in [7, 11) is 0. The minimum Gasteiger partial charge on any atom is -0.293 e.